The zero-order valence-corrected chi connectivity index (χ0v) is 10.7. The maximum Gasteiger partial charge on any atom is 0.161 e. The average Bonchev–Trinajstić information content (AvgIpc) is 2.89. The SMILES string of the molecule is COc1cnc2[nH]ccc2c1NC1CCCCC1. The largest absolute Gasteiger partial charge is 0.493 e. The Balaban J connectivity index is 1.94. The summed E-state index contributed by atoms with van der Waals surface area (Å²) >= 11 is 0. The third-order valence-electron chi connectivity index (χ3n) is 3.73. The molecule has 0 saturated heterocycles. The topological polar surface area (TPSA) is 49.9 Å². The molecule has 0 amide bonds. The smallest absolute Gasteiger partial charge is 0.161 e. The molecule has 0 atom stereocenters. The highest BCUT2D eigenvalue weighted by Gasteiger charge is 2.17. The molecule has 2 aromatic rings. The van der Waals surface area contributed by atoms with E-state index in [9.17, 15) is 0 Å². The minimum Gasteiger partial charge on any atom is -0.493 e. The van der Waals surface area contributed by atoms with Gasteiger partial charge in [0, 0.05) is 17.6 Å². The number of hydrogen-bond donors (Lipinski definition) is 2. The maximum absolute atomic E-state index is 5.43. The quantitative estimate of drug-likeness (QED) is 0.872. The molecule has 3 rings (SSSR count). The highest BCUT2D eigenvalue weighted by molar-refractivity contribution is 5.92. The number of nitrogens with one attached hydrogen (secondary N) is 2. The van der Waals surface area contributed by atoms with Crippen LogP contribution in [0.15, 0.2) is 18.5 Å². The van der Waals surface area contributed by atoms with Crippen molar-refractivity contribution in [2.75, 3.05) is 12.4 Å². The predicted molar refractivity (Wildman–Crippen MR) is 73.1 cm³/mol. The molecule has 2 aromatic heterocycles. The number of aromatic nitrogens is 2. The lowest BCUT2D eigenvalue weighted by molar-refractivity contribution is 0.412. The molecule has 2 N–H and O–H groups in total. The summed E-state index contributed by atoms with van der Waals surface area (Å²) < 4.78 is 5.43. The molecule has 18 heavy (non-hydrogen) atoms. The van der Waals surface area contributed by atoms with Gasteiger partial charge in [0.05, 0.1) is 19.0 Å². The van der Waals surface area contributed by atoms with Crippen LogP contribution in [0.3, 0.4) is 0 Å². The van der Waals surface area contributed by atoms with Crippen LogP contribution >= 0.6 is 0 Å². The Morgan fingerprint density at radius 1 is 1.33 bits per heavy atom. The van der Waals surface area contributed by atoms with E-state index in [2.05, 4.69) is 21.4 Å². The number of hydrogen-bond acceptors (Lipinski definition) is 3. The molecule has 0 aromatic carbocycles. The first-order valence-corrected chi connectivity index (χ1v) is 6.65. The third-order valence-corrected chi connectivity index (χ3v) is 3.73. The van der Waals surface area contributed by atoms with E-state index in [0.717, 1.165) is 22.5 Å². The molecule has 0 aliphatic heterocycles. The van der Waals surface area contributed by atoms with Crippen LogP contribution in [0, 0.1) is 0 Å². The van der Waals surface area contributed by atoms with E-state index < -0.39 is 0 Å². The number of rotatable bonds is 3. The van der Waals surface area contributed by atoms with Gasteiger partial charge in [0.25, 0.3) is 0 Å². The summed E-state index contributed by atoms with van der Waals surface area (Å²) in [7, 11) is 1.70. The monoisotopic (exact) mass is 245 g/mol. The molecule has 2 heterocycles. The van der Waals surface area contributed by atoms with Gasteiger partial charge in [0.2, 0.25) is 0 Å². The number of methoxy groups -OCH3 is 1. The Morgan fingerprint density at radius 3 is 2.94 bits per heavy atom. The van der Waals surface area contributed by atoms with E-state index in [-0.39, 0.29) is 0 Å². The second kappa shape index (κ2) is 4.88. The summed E-state index contributed by atoms with van der Waals surface area (Å²) in [4.78, 5) is 7.49. The Kier molecular flexibility index (Phi) is 3.09. The van der Waals surface area contributed by atoms with Gasteiger partial charge >= 0.3 is 0 Å². The van der Waals surface area contributed by atoms with E-state index in [1.807, 2.05) is 6.20 Å². The molecule has 0 unspecified atom stereocenters. The van der Waals surface area contributed by atoms with Gasteiger partial charge in [-0.25, -0.2) is 4.98 Å². The first-order chi connectivity index (χ1) is 8.88. The van der Waals surface area contributed by atoms with E-state index in [4.69, 9.17) is 4.74 Å². The van der Waals surface area contributed by atoms with E-state index in [1.54, 1.807) is 13.3 Å². The zero-order valence-electron chi connectivity index (χ0n) is 10.7. The summed E-state index contributed by atoms with van der Waals surface area (Å²) in [6.07, 6.45) is 10.2. The van der Waals surface area contributed by atoms with Gasteiger partial charge in [0.15, 0.2) is 5.75 Å². The van der Waals surface area contributed by atoms with Crippen molar-refractivity contribution < 1.29 is 4.74 Å². The van der Waals surface area contributed by atoms with Crippen LogP contribution in [0.1, 0.15) is 32.1 Å². The Morgan fingerprint density at radius 2 is 2.17 bits per heavy atom. The molecule has 0 spiro atoms. The van der Waals surface area contributed by atoms with Crippen LogP contribution in [0.25, 0.3) is 11.0 Å². The summed E-state index contributed by atoms with van der Waals surface area (Å²) in [5, 5.41) is 4.76. The fraction of sp³-hybridized carbons (Fsp3) is 0.500. The Labute approximate surface area is 107 Å². The van der Waals surface area contributed by atoms with Gasteiger partial charge in [-0.15, -0.1) is 0 Å². The van der Waals surface area contributed by atoms with Crippen molar-refractivity contribution in [3.05, 3.63) is 18.5 Å². The Bertz CT molecular complexity index is 529. The molecule has 0 radical (unpaired) electrons. The van der Waals surface area contributed by atoms with Gasteiger partial charge < -0.3 is 15.0 Å². The molecule has 1 fully saturated rings. The number of ether oxygens (including phenoxy) is 1. The molecule has 4 nitrogen and oxygen atoms in total. The first-order valence-electron chi connectivity index (χ1n) is 6.65. The number of aromatic amines is 1. The standard InChI is InChI=1S/C14H19N3O/c1-18-12-9-16-14-11(7-8-15-14)13(12)17-10-5-3-2-4-6-10/h7-10H,2-6H2,1H3,(H2,15,16,17). The van der Waals surface area contributed by atoms with Crippen LogP contribution in [-0.4, -0.2) is 23.1 Å². The van der Waals surface area contributed by atoms with Crippen LogP contribution in [0.2, 0.25) is 0 Å². The lowest BCUT2D eigenvalue weighted by Gasteiger charge is -2.25. The van der Waals surface area contributed by atoms with E-state index in [0.29, 0.717) is 6.04 Å². The molecule has 1 aliphatic rings. The van der Waals surface area contributed by atoms with Gasteiger partial charge in [-0.05, 0) is 18.9 Å². The van der Waals surface area contributed by atoms with Crippen molar-refractivity contribution in [2.45, 2.75) is 38.1 Å². The summed E-state index contributed by atoms with van der Waals surface area (Å²) in [6, 6.07) is 2.61. The Hall–Kier alpha value is -1.71. The molecule has 0 bridgehead atoms. The molecule has 1 saturated carbocycles. The number of anilines is 1. The first kappa shape index (κ1) is 11.4. The molecular formula is C14H19N3O. The van der Waals surface area contributed by atoms with Gasteiger partial charge in [0.1, 0.15) is 5.65 Å². The third kappa shape index (κ3) is 2.03. The van der Waals surface area contributed by atoms with Gasteiger partial charge in [-0.1, -0.05) is 19.3 Å². The van der Waals surface area contributed by atoms with Crippen molar-refractivity contribution in [1.29, 1.82) is 0 Å². The molecule has 4 heteroatoms. The summed E-state index contributed by atoms with van der Waals surface area (Å²) in [5.41, 5.74) is 1.99. The minimum absolute atomic E-state index is 0.563. The maximum atomic E-state index is 5.43. The van der Waals surface area contributed by atoms with Crippen molar-refractivity contribution in [3.8, 4) is 5.75 Å². The molecule has 1 aliphatic carbocycles. The van der Waals surface area contributed by atoms with Crippen LogP contribution in [-0.2, 0) is 0 Å². The van der Waals surface area contributed by atoms with Crippen molar-refractivity contribution in [1.82, 2.24) is 9.97 Å². The van der Waals surface area contributed by atoms with Crippen molar-refractivity contribution >= 4 is 16.7 Å². The fourth-order valence-electron chi connectivity index (χ4n) is 2.74. The number of H-pyrrole nitrogens is 1. The van der Waals surface area contributed by atoms with Crippen LogP contribution < -0.4 is 10.1 Å². The normalized spacial score (nSPS) is 16.9. The average molecular weight is 245 g/mol. The number of fused-ring (bicyclic) bond motifs is 1. The van der Waals surface area contributed by atoms with Crippen molar-refractivity contribution in [2.24, 2.45) is 0 Å². The highest BCUT2D eigenvalue weighted by Crippen LogP contribution is 2.33. The second-order valence-corrected chi connectivity index (χ2v) is 4.92. The lowest BCUT2D eigenvalue weighted by Crippen LogP contribution is -2.22. The van der Waals surface area contributed by atoms with Crippen LogP contribution in [0.5, 0.6) is 5.75 Å². The second-order valence-electron chi connectivity index (χ2n) is 4.92. The highest BCUT2D eigenvalue weighted by atomic mass is 16.5. The zero-order chi connectivity index (χ0) is 12.4. The van der Waals surface area contributed by atoms with E-state index in [1.165, 1.54) is 32.1 Å². The fourth-order valence-corrected chi connectivity index (χ4v) is 2.74. The summed E-state index contributed by atoms with van der Waals surface area (Å²) in [6.45, 7) is 0. The molecule has 96 valence electrons. The van der Waals surface area contributed by atoms with Crippen molar-refractivity contribution in [3.63, 3.8) is 0 Å². The number of pyridine rings is 1. The van der Waals surface area contributed by atoms with Gasteiger partial charge in [-0.2, -0.15) is 0 Å². The van der Waals surface area contributed by atoms with E-state index >= 15 is 0 Å². The molecular weight excluding hydrogens is 226 g/mol. The predicted octanol–water partition coefficient (Wildman–Crippen LogP) is 3.32. The minimum atomic E-state index is 0.563. The van der Waals surface area contributed by atoms with Gasteiger partial charge in [-0.3, -0.25) is 0 Å². The number of nitrogens with zero attached hydrogens (tertiary/aromatic N) is 1. The lowest BCUT2D eigenvalue weighted by atomic mass is 9.95. The van der Waals surface area contributed by atoms with Crippen LogP contribution in [0.4, 0.5) is 5.69 Å². The summed E-state index contributed by atoms with van der Waals surface area (Å²) in [5.74, 6) is 0.827.